The molecule has 0 amide bonds. The van der Waals surface area contributed by atoms with Gasteiger partial charge in [-0.2, -0.15) is 5.26 Å². The highest BCUT2D eigenvalue weighted by Gasteiger charge is 2.20. The quantitative estimate of drug-likeness (QED) is 0.0706. The Morgan fingerprint density at radius 3 is 1.63 bits per heavy atom. The molecule has 49 heavy (non-hydrogen) atoms. The van der Waals surface area contributed by atoms with Gasteiger partial charge in [0.25, 0.3) is 5.56 Å². The number of nitriles is 1. The Morgan fingerprint density at radius 2 is 1.18 bits per heavy atom. The Labute approximate surface area is 284 Å². The van der Waals surface area contributed by atoms with Gasteiger partial charge in [0.05, 0.1) is 0 Å². The molecule has 238 valence electrons. The largest absolute Gasteiger partial charge is 0.494 e. The van der Waals surface area contributed by atoms with E-state index < -0.39 is 17.3 Å². The van der Waals surface area contributed by atoms with E-state index in [1.54, 1.807) is 13.0 Å². The van der Waals surface area contributed by atoms with Crippen molar-refractivity contribution in [2.75, 3.05) is 4.90 Å². The normalized spacial score (nSPS) is 10.4. The van der Waals surface area contributed by atoms with Crippen LogP contribution in [0.1, 0.15) is 22.3 Å². The van der Waals surface area contributed by atoms with Crippen molar-refractivity contribution in [3.05, 3.63) is 178 Å². The van der Waals surface area contributed by atoms with Gasteiger partial charge >= 0.3 is 0 Å². The van der Waals surface area contributed by atoms with Gasteiger partial charge in [0.2, 0.25) is 11.8 Å². The molecular weight excluding hydrogens is 610 g/mol. The third-order valence-electron chi connectivity index (χ3n) is 8.21. The fourth-order valence-corrected chi connectivity index (χ4v) is 5.62. The Hall–Kier alpha value is -6.84. The van der Waals surface area contributed by atoms with Gasteiger partial charge in [-0.3, -0.25) is 4.79 Å². The van der Waals surface area contributed by atoms with Crippen molar-refractivity contribution in [2.24, 2.45) is 0 Å². The van der Waals surface area contributed by atoms with E-state index in [2.05, 4.69) is 94.9 Å². The zero-order valence-corrected chi connectivity index (χ0v) is 26.6. The van der Waals surface area contributed by atoms with Gasteiger partial charge in [0.15, 0.2) is 0 Å². The molecule has 7 heteroatoms. The van der Waals surface area contributed by atoms with Gasteiger partial charge in [-0.1, -0.05) is 97.1 Å². The summed E-state index contributed by atoms with van der Waals surface area (Å²) >= 11 is 0. The lowest BCUT2D eigenvalue weighted by atomic mass is 10.0. The summed E-state index contributed by atoms with van der Waals surface area (Å²) in [4.78, 5) is 18.9. The molecule has 2 N–H and O–H groups in total. The fraction of sp³-hybridized carbons (Fsp3) is 0.0238. The fourth-order valence-electron chi connectivity index (χ4n) is 5.62. The average molecular weight is 642 g/mol. The second-order valence-corrected chi connectivity index (χ2v) is 11.2. The smallest absolute Gasteiger partial charge is 0.278 e. The highest BCUT2D eigenvalue weighted by atomic mass is 17.1. The maximum Gasteiger partial charge on any atom is 0.278 e. The first-order chi connectivity index (χ1) is 23.9. The van der Waals surface area contributed by atoms with Gasteiger partial charge in [-0.05, 0) is 95.4 Å². The van der Waals surface area contributed by atoms with Crippen LogP contribution in [-0.2, 0) is 4.89 Å². The number of aromatic nitrogens is 1. The minimum absolute atomic E-state index is 0.159. The van der Waals surface area contributed by atoms with Crippen molar-refractivity contribution < 1.29 is 15.3 Å². The molecule has 0 bridgehead atoms. The van der Waals surface area contributed by atoms with Gasteiger partial charge < -0.3 is 14.9 Å². The first-order valence-electron chi connectivity index (χ1n) is 15.4. The topological polar surface area (TPSA) is 98.7 Å². The summed E-state index contributed by atoms with van der Waals surface area (Å²) in [6.45, 7) is 4.96. The first kappa shape index (κ1) is 32.1. The summed E-state index contributed by atoms with van der Waals surface area (Å²) in [6, 6.07) is 47.3. The lowest BCUT2D eigenvalue weighted by Gasteiger charge is -2.26. The van der Waals surface area contributed by atoms with Crippen molar-refractivity contribution in [3.63, 3.8) is 0 Å². The van der Waals surface area contributed by atoms with Crippen molar-refractivity contribution in [1.82, 2.24) is 4.57 Å². The number of benzene rings is 5. The summed E-state index contributed by atoms with van der Waals surface area (Å²) in [5.41, 5.74) is 10.7. The van der Waals surface area contributed by atoms with Crippen molar-refractivity contribution in [2.45, 2.75) is 6.92 Å². The number of rotatable bonds is 9. The maximum atomic E-state index is 12.6. The molecule has 7 nitrogen and oxygen atoms in total. The Kier molecular flexibility index (Phi) is 9.37. The molecular formula is C42H31N3O4. The summed E-state index contributed by atoms with van der Waals surface area (Å²) in [5.74, 6) is -1.08. The maximum absolute atomic E-state index is 12.6. The van der Waals surface area contributed by atoms with Gasteiger partial charge in [-0.25, -0.2) is 9.82 Å². The molecule has 0 radical (unpaired) electrons. The number of nitrogens with zero attached hydrogens (tertiary/aromatic N) is 3. The number of hydrogen-bond acceptors (Lipinski definition) is 6. The van der Waals surface area contributed by atoms with E-state index >= 15 is 0 Å². The molecule has 6 aromatic rings. The zero-order valence-electron chi connectivity index (χ0n) is 26.6. The summed E-state index contributed by atoms with van der Waals surface area (Å²) in [7, 11) is 0. The van der Waals surface area contributed by atoms with Crippen molar-refractivity contribution in [1.29, 1.82) is 5.26 Å². The number of aromatic hydroxyl groups is 1. The summed E-state index contributed by atoms with van der Waals surface area (Å²) in [6.07, 6.45) is 3.17. The van der Waals surface area contributed by atoms with Crippen LogP contribution in [0.5, 0.6) is 5.88 Å². The third-order valence-corrected chi connectivity index (χ3v) is 8.21. The molecule has 0 aliphatic heterocycles. The molecule has 0 saturated heterocycles. The van der Waals surface area contributed by atoms with Crippen LogP contribution in [0.15, 0.2) is 151 Å². The number of pyridine rings is 1. The van der Waals surface area contributed by atoms with Gasteiger partial charge in [-0.15, -0.1) is 5.73 Å². The van der Waals surface area contributed by atoms with E-state index in [1.807, 2.05) is 66.7 Å². The van der Waals surface area contributed by atoms with Crippen LogP contribution >= 0.6 is 0 Å². The molecule has 0 atom stereocenters. The summed E-state index contributed by atoms with van der Waals surface area (Å²) in [5, 5.41) is 29.3. The van der Waals surface area contributed by atoms with Crippen LogP contribution in [0.25, 0.3) is 40.3 Å². The summed E-state index contributed by atoms with van der Waals surface area (Å²) < 4.78 is 0.626. The molecule has 0 saturated carbocycles. The minimum Gasteiger partial charge on any atom is -0.494 e. The van der Waals surface area contributed by atoms with E-state index in [0.29, 0.717) is 4.57 Å². The predicted octanol–water partition coefficient (Wildman–Crippen LogP) is 9.78. The van der Waals surface area contributed by atoms with Crippen molar-refractivity contribution >= 4 is 35.1 Å². The molecule has 5 aromatic carbocycles. The van der Waals surface area contributed by atoms with Gasteiger partial charge in [0.1, 0.15) is 11.6 Å². The lowest BCUT2D eigenvalue weighted by molar-refractivity contribution is -0.176. The Bertz CT molecular complexity index is 2200. The van der Waals surface area contributed by atoms with Gasteiger partial charge in [0, 0.05) is 22.6 Å². The van der Waals surface area contributed by atoms with Crippen LogP contribution < -0.4 is 10.5 Å². The van der Waals surface area contributed by atoms with Crippen molar-refractivity contribution in [3.8, 4) is 34.2 Å². The van der Waals surface area contributed by atoms with E-state index in [1.165, 1.54) is 6.08 Å². The minimum atomic E-state index is -0.859. The van der Waals surface area contributed by atoms with E-state index in [9.17, 15) is 15.2 Å². The highest BCUT2D eigenvalue weighted by Crippen LogP contribution is 2.37. The standard InChI is InChI=1S/C42H31N3O4/c1-29-39(41(46)44(30(2)49-48)42(47)40(29)28-43)15-9-10-31-16-22-36(23-17-31)45(37-24-18-34(19-25-37)32-11-5-3-6-12-32)38-26-20-35(21-27-38)33-13-7-4-8-14-33/h3-8,10-27,46,48H,2H2,1H3. The molecule has 0 aliphatic carbocycles. The van der Waals surface area contributed by atoms with E-state index in [-0.39, 0.29) is 16.7 Å². The average Bonchev–Trinajstić information content (AvgIpc) is 3.15. The predicted molar refractivity (Wildman–Crippen MR) is 195 cm³/mol. The molecule has 0 aliphatic rings. The Balaban J connectivity index is 1.35. The second kappa shape index (κ2) is 14.3. The zero-order chi connectivity index (χ0) is 34.3. The van der Waals surface area contributed by atoms with Crippen LogP contribution in [0.3, 0.4) is 0 Å². The molecule has 1 heterocycles. The Morgan fingerprint density at radius 1 is 0.735 bits per heavy atom. The van der Waals surface area contributed by atoms with Crippen LogP contribution in [0, 0.1) is 18.3 Å². The number of anilines is 3. The molecule has 0 unspecified atom stereocenters. The first-order valence-corrected chi connectivity index (χ1v) is 15.4. The highest BCUT2D eigenvalue weighted by molar-refractivity contribution is 5.80. The second-order valence-electron chi connectivity index (χ2n) is 11.2. The van der Waals surface area contributed by atoms with E-state index in [0.717, 1.165) is 44.9 Å². The third kappa shape index (κ3) is 6.69. The van der Waals surface area contributed by atoms with Crippen LogP contribution in [0.4, 0.5) is 17.1 Å². The molecule has 1 aromatic heterocycles. The number of hydrogen-bond donors (Lipinski definition) is 2. The van der Waals surface area contributed by atoms with Crippen LogP contribution in [-0.4, -0.2) is 14.9 Å². The SMILES string of the molecule is C=C(OO)n1c(O)c(C=C=Cc2ccc(N(c3ccc(-c4ccccc4)cc3)c3ccc(-c4ccccc4)cc3)cc2)c(C)c(C#N)c1=O. The lowest BCUT2D eigenvalue weighted by Crippen LogP contribution is -2.24. The molecule has 6 rings (SSSR count). The molecule has 0 fully saturated rings. The molecule has 0 spiro atoms. The van der Waals surface area contributed by atoms with E-state index in [4.69, 9.17) is 5.26 Å². The van der Waals surface area contributed by atoms with Crippen LogP contribution in [0.2, 0.25) is 0 Å². The monoisotopic (exact) mass is 641 g/mol.